The number of carbonyl (C=O) groups excluding carboxylic acids is 1. The van der Waals surface area contributed by atoms with Gasteiger partial charge < -0.3 is 10.1 Å². The van der Waals surface area contributed by atoms with Crippen LogP contribution >= 0.6 is 0 Å². The molecule has 0 spiro atoms. The average molecular weight is 356 g/mol. The number of amides is 1. The van der Waals surface area contributed by atoms with E-state index in [1.165, 1.54) is 12.1 Å². The molecule has 0 aliphatic carbocycles. The third-order valence-electron chi connectivity index (χ3n) is 4.60. The van der Waals surface area contributed by atoms with Crippen LogP contribution in [-0.2, 0) is 6.54 Å². The molecular formula is C18H19FN3O2Si+. The lowest BCUT2D eigenvalue weighted by molar-refractivity contribution is -0.657. The van der Waals surface area contributed by atoms with Gasteiger partial charge in [0.15, 0.2) is 11.0 Å². The molecule has 2 aromatic carbocycles. The van der Waals surface area contributed by atoms with E-state index in [9.17, 15) is 14.0 Å². The summed E-state index contributed by atoms with van der Waals surface area (Å²) >= 11 is 0. The van der Waals surface area contributed by atoms with Crippen LogP contribution in [0.1, 0.15) is 10.4 Å². The fourth-order valence-corrected chi connectivity index (χ4v) is 4.31. The SMILES string of the molecule is C[Si](C)(O)c1ccc(-c2[nH]c3cc(F)cc4c3[n+]2CCNC4=O)cc1. The zero-order valence-corrected chi connectivity index (χ0v) is 15.1. The van der Waals surface area contributed by atoms with Gasteiger partial charge in [-0.25, -0.2) is 13.9 Å². The number of rotatable bonds is 2. The number of halogens is 1. The van der Waals surface area contributed by atoms with Crippen molar-refractivity contribution < 1.29 is 18.5 Å². The van der Waals surface area contributed by atoms with Crippen molar-refractivity contribution in [3.8, 4) is 11.4 Å². The van der Waals surface area contributed by atoms with Crippen LogP contribution in [0.2, 0.25) is 13.1 Å². The van der Waals surface area contributed by atoms with Gasteiger partial charge in [0, 0.05) is 6.07 Å². The molecule has 1 aromatic heterocycles. The topological polar surface area (TPSA) is 69.0 Å². The number of nitrogens with zero attached hydrogens (tertiary/aromatic N) is 1. The van der Waals surface area contributed by atoms with Crippen molar-refractivity contribution >= 4 is 30.4 Å². The average Bonchev–Trinajstić information content (AvgIpc) is 2.82. The first-order valence-corrected chi connectivity index (χ1v) is 11.2. The number of imidazole rings is 1. The number of H-pyrrole nitrogens is 1. The maximum absolute atomic E-state index is 13.9. The first kappa shape index (κ1) is 16.0. The van der Waals surface area contributed by atoms with E-state index in [1.807, 2.05) is 41.9 Å². The lowest BCUT2D eigenvalue weighted by Gasteiger charge is -2.14. The largest absolute Gasteiger partial charge is 0.428 e. The fourth-order valence-electron chi connectivity index (χ4n) is 3.33. The molecule has 5 nitrogen and oxygen atoms in total. The van der Waals surface area contributed by atoms with Gasteiger partial charge in [-0.1, -0.05) is 12.1 Å². The van der Waals surface area contributed by atoms with E-state index in [4.69, 9.17) is 0 Å². The minimum Gasteiger partial charge on any atom is -0.428 e. The highest BCUT2D eigenvalue weighted by Crippen LogP contribution is 2.23. The third kappa shape index (κ3) is 2.65. The number of hydrogen-bond acceptors (Lipinski definition) is 2. The second kappa shape index (κ2) is 5.50. The lowest BCUT2D eigenvalue weighted by Crippen LogP contribution is -2.41. The highest BCUT2D eigenvalue weighted by molar-refractivity contribution is 6.83. The van der Waals surface area contributed by atoms with E-state index in [0.29, 0.717) is 29.7 Å². The molecule has 3 N–H and O–H groups in total. The van der Waals surface area contributed by atoms with Crippen LogP contribution in [-0.4, -0.2) is 30.5 Å². The first-order valence-electron chi connectivity index (χ1n) is 8.21. The van der Waals surface area contributed by atoms with Crippen molar-refractivity contribution in [3.05, 3.63) is 47.8 Å². The van der Waals surface area contributed by atoms with Crippen LogP contribution in [0.15, 0.2) is 36.4 Å². The van der Waals surface area contributed by atoms with Crippen LogP contribution < -0.4 is 15.1 Å². The molecule has 3 aromatic rings. The summed E-state index contributed by atoms with van der Waals surface area (Å²) in [5, 5.41) is 3.76. The highest BCUT2D eigenvalue weighted by atomic mass is 28.4. The molecule has 1 aliphatic heterocycles. The third-order valence-corrected chi connectivity index (χ3v) is 6.34. The molecule has 2 heterocycles. The van der Waals surface area contributed by atoms with E-state index < -0.39 is 14.1 Å². The monoisotopic (exact) mass is 356 g/mol. The van der Waals surface area contributed by atoms with E-state index in [0.717, 1.165) is 16.6 Å². The van der Waals surface area contributed by atoms with Crippen molar-refractivity contribution in [3.63, 3.8) is 0 Å². The highest BCUT2D eigenvalue weighted by Gasteiger charge is 2.29. The summed E-state index contributed by atoms with van der Waals surface area (Å²) in [7, 11) is -2.35. The quantitative estimate of drug-likeness (QED) is 0.480. The number of aromatic nitrogens is 2. The Labute approximate surface area is 145 Å². The van der Waals surface area contributed by atoms with Crippen molar-refractivity contribution in [1.29, 1.82) is 0 Å². The Balaban J connectivity index is 1.92. The Bertz CT molecular complexity index is 990. The number of carbonyl (C=O) groups is 1. The van der Waals surface area contributed by atoms with Gasteiger partial charge in [-0.15, -0.1) is 0 Å². The molecule has 0 bridgehead atoms. The molecule has 0 radical (unpaired) electrons. The molecule has 0 saturated carbocycles. The van der Waals surface area contributed by atoms with Gasteiger partial charge >= 0.3 is 0 Å². The predicted molar refractivity (Wildman–Crippen MR) is 95.6 cm³/mol. The fraction of sp³-hybridized carbons (Fsp3) is 0.222. The smallest absolute Gasteiger partial charge is 0.287 e. The van der Waals surface area contributed by atoms with Crippen molar-refractivity contribution in [2.45, 2.75) is 19.6 Å². The van der Waals surface area contributed by atoms with Crippen molar-refractivity contribution in [1.82, 2.24) is 10.3 Å². The molecule has 0 atom stereocenters. The minimum atomic E-state index is -2.35. The molecule has 4 rings (SSSR count). The van der Waals surface area contributed by atoms with Crippen LogP contribution in [0, 0.1) is 5.82 Å². The Kier molecular flexibility index (Phi) is 3.52. The van der Waals surface area contributed by atoms with Gasteiger partial charge in [-0.05, 0) is 36.5 Å². The number of hydrogen-bond donors (Lipinski definition) is 3. The van der Waals surface area contributed by atoms with Crippen molar-refractivity contribution in [2.75, 3.05) is 6.54 Å². The zero-order chi connectivity index (χ0) is 17.8. The summed E-state index contributed by atoms with van der Waals surface area (Å²) in [6.45, 7) is 4.83. The molecule has 128 valence electrons. The number of aromatic amines is 1. The standard InChI is InChI=1S/C18H18FN3O2Si/c1-25(2,24)13-5-3-11(4-6-13)17-21-15-10-12(19)9-14-16(15)22(17)8-7-20-18(14)23/h3-6,9-10,24H,7-8H2,1-2H3,(H,20,23)/p+1. The van der Waals surface area contributed by atoms with Gasteiger partial charge in [0.2, 0.25) is 8.32 Å². The van der Waals surface area contributed by atoms with E-state index >= 15 is 0 Å². The lowest BCUT2D eigenvalue weighted by atomic mass is 10.1. The van der Waals surface area contributed by atoms with Gasteiger partial charge in [0.05, 0.1) is 17.7 Å². The molecule has 1 amide bonds. The van der Waals surface area contributed by atoms with E-state index in [1.54, 1.807) is 0 Å². The molecule has 25 heavy (non-hydrogen) atoms. The summed E-state index contributed by atoms with van der Waals surface area (Å²) < 4.78 is 15.9. The van der Waals surface area contributed by atoms with E-state index in [2.05, 4.69) is 10.3 Å². The predicted octanol–water partition coefficient (Wildman–Crippen LogP) is 1.41. The van der Waals surface area contributed by atoms with Gasteiger partial charge in [0.1, 0.15) is 12.4 Å². The Morgan fingerprint density at radius 2 is 1.92 bits per heavy atom. The molecular weight excluding hydrogens is 337 g/mol. The molecule has 0 saturated heterocycles. The number of nitrogens with one attached hydrogen (secondary N) is 2. The first-order chi connectivity index (χ1) is 11.8. The molecule has 0 unspecified atom stereocenters. The van der Waals surface area contributed by atoms with Crippen LogP contribution in [0.5, 0.6) is 0 Å². The van der Waals surface area contributed by atoms with E-state index in [-0.39, 0.29) is 5.91 Å². The summed E-state index contributed by atoms with van der Waals surface area (Å²) in [5.74, 6) is 0.120. The van der Waals surface area contributed by atoms with Crippen LogP contribution in [0.3, 0.4) is 0 Å². The minimum absolute atomic E-state index is 0.260. The van der Waals surface area contributed by atoms with Gasteiger partial charge in [0.25, 0.3) is 11.7 Å². The second-order valence-electron chi connectivity index (χ2n) is 6.87. The Morgan fingerprint density at radius 1 is 1.20 bits per heavy atom. The normalized spacial score (nSPS) is 14.5. The summed E-state index contributed by atoms with van der Waals surface area (Å²) in [6.07, 6.45) is 0. The maximum atomic E-state index is 13.9. The summed E-state index contributed by atoms with van der Waals surface area (Å²) in [6, 6.07) is 10.5. The van der Waals surface area contributed by atoms with Crippen LogP contribution in [0.4, 0.5) is 4.39 Å². The van der Waals surface area contributed by atoms with Crippen LogP contribution in [0.25, 0.3) is 22.4 Å². The molecule has 7 heteroatoms. The second-order valence-corrected chi connectivity index (χ2v) is 10.6. The Morgan fingerprint density at radius 3 is 2.60 bits per heavy atom. The van der Waals surface area contributed by atoms with Gasteiger partial charge in [-0.2, -0.15) is 0 Å². The zero-order valence-electron chi connectivity index (χ0n) is 14.1. The Hall–Kier alpha value is -2.51. The molecule has 0 fully saturated rings. The number of benzene rings is 2. The van der Waals surface area contributed by atoms with Gasteiger partial charge in [-0.3, -0.25) is 4.79 Å². The van der Waals surface area contributed by atoms with Crippen molar-refractivity contribution in [2.24, 2.45) is 0 Å². The maximum Gasteiger partial charge on any atom is 0.287 e. The summed E-state index contributed by atoms with van der Waals surface area (Å²) in [4.78, 5) is 25.7. The molecule has 1 aliphatic rings. The summed E-state index contributed by atoms with van der Waals surface area (Å²) in [5.41, 5.74) is 2.59.